The van der Waals surface area contributed by atoms with Crippen molar-refractivity contribution >= 4 is 23.2 Å². The summed E-state index contributed by atoms with van der Waals surface area (Å²) in [4.78, 5) is 11.1. The molecule has 1 aliphatic rings. The summed E-state index contributed by atoms with van der Waals surface area (Å²) in [7, 11) is 0. The van der Waals surface area contributed by atoms with Crippen LogP contribution in [0.5, 0.6) is 0 Å². The van der Waals surface area contributed by atoms with Crippen LogP contribution in [0.1, 0.15) is 35.4 Å². The van der Waals surface area contributed by atoms with Crippen molar-refractivity contribution in [2.24, 2.45) is 0 Å². The lowest BCUT2D eigenvalue weighted by Gasteiger charge is -2.08. The Morgan fingerprint density at radius 2 is 2.40 bits per heavy atom. The molecule has 6 nitrogen and oxygen atoms in total. The van der Waals surface area contributed by atoms with Gasteiger partial charge in [0.25, 0.3) is 0 Å². The van der Waals surface area contributed by atoms with Gasteiger partial charge in [0.2, 0.25) is 0 Å². The standard InChI is InChI=1S/C13H14ClN3O3/c14-10-6-8(13(18)19)7-17-11(15-16-12(10)17)4-3-9-2-1-5-20-9/h6-7,9H,1-5H2,(H,18,19). The summed E-state index contributed by atoms with van der Waals surface area (Å²) in [6.07, 6.45) is 5.48. The first-order valence-electron chi connectivity index (χ1n) is 6.53. The van der Waals surface area contributed by atoms with Crippen molar-refractivity contribution in [2.75, 3.05) is 6.61 Å². The third-order valence-corrected chi connectivity index (χ3v) is 3.77. The van der Waals surface area contributed by atoms with Gasteiger partial charge < -0.3 is 9.84 Å². The fourth-order valence-corrected chi connectivity index (χ4v) is 2.70. The highest BCUT2D eigenvalue weighted by Crippen LogP contribution is 2.21. The van der Waals surface area contributed by atoms with Crippen LogP contribution in [0.25, 0.3) is 5.65 Å². The molecule has 3 heterocycles. The lowest BCUT2D eigenvalue weighted by molar-refractivity contribution is 0.0696. The molecule has 0 amide bonds. The first kappa shape index (κ1) is 13.3. The molecule has 1 fully saturated rings. The number of rotatable bonds is 4. The van der Waals surface area contributed by atoms with Crippen molar-refractivity contribution in [3.8, 4) is 0 Å². The van der Waals surface area contributed by atoms with Crippen LogP contribution in [0.2, 0.25) is 5.02 Å². The van der Waals surface area contributed by atoms with Gasteiger partial charge in [-0.3, -0.25) is 4.40 Å². The minimum absolute atomic E-state index is 0.126. The molecule has 3 rings (SSSR count). The average molecular weight is 296 g/mol. The average Bonchev–Trinajstić information content (AvgIpc) is 3.05. The van der Waals surface area contributed by atoms with E-state index in [9.17, 15) is 4.79 Å². The van der Waals surface area contributed by atoms with E-state index in [1.54, 1.807) is 4.40 Å². The summed E-state index contributed by atoms with van der Waals surface area (Å²) in [5, 5.41) is 17.5. The number of carboxylic acid groups (broad SMARTS) is 1. The van der Waals surface area contributed by atoms with Crippen molar-refractivity contribution < 1.29 is 14.6 Å². The van der Waals surface area contributed by atoms with Gasteiger partial charge in [-0.15, -0.1) is 10.2 Å². The molecule has 20 heavy (non-hydrogen) atoms. The number of nitrogens with zero attached hydrogens (tertiary/aromatic N) is 3. The van der Waals surface area contributed by atoms with E-state index in [1.807, 2.05) is 0 Å². The first-order valence-corrected chi connectivity index (χ1v) is 6.91. The molecule has 0 spiro atoms. The molecule has 1 aliphatic heterocycles. The molecule has 0 radical (unpaired) electrons. The Kier molecular flexibility index (Phi) is 3.58. The zero-order chi connectivity index (χ0) is 14.1. The number of ether oxygens (including phenoxy) is 1. The van der Waals surface area contributed by atoms with Gasteiger partial charge in [0.15, 0.2) is 5.65 Å². The molecule has 0 aromatic carbocycles. The Bertz CT molecular complexity index is 650. The third kappa shape index (κ3) is 2.48. The van der Waals surface area contributed by atoms with Crippen LogP contribution in [0.15, 0.2) is 12.3 Å². The summed E-state index contributed by atoms with van der Waals surface area (Å²) in [6.45, 7) is 0.820. The molecule has 106 valence electrons. The van der Waals surface area contributed by atoms with Crippen LogP contribution in [0.3, 0.4) is 0 Å². The van der Waals surface area contributed by atoms with Crippen LogP contribution < -0.4 is 0 Å². The highest BCUT2D eigenvalue weighted by molar-refractivity contribution is 6.33. The number of pyridine rings is 1. The number of aromatic carboxylic acids is 1. The Balaban J connectivity index is 1.88. The maximum absolute atomic E-state index is 11.1. The quantitative estimate of drug-likeness (QED) is 0.935. The van der Waals surface area contributed by atoms with Crippen LogP contribution >= 0.6 is 11.6 Å². The number of hydrogen-bond donors (Lipinski definition) is 1. The van der Waals surface area contributed by atoms with Gasteiger partial charge in [0.05, 0.1) is 16.7 Å². The SMILES string of the molecule is O=C(O)c1cc(Cl)c2nnc(CCC3CCCO3)n2c1. The molecule has 0 aliphatic carbocycles. The molecular weight excluding hydrogens is 282 g/mol. The molecule has 1 N–H and O–H groups in total. The molecule has 0 bridgehead atoms. The highest BCUT2D eigenvalue weighted by atomic mass is 35.5. The van der Waals surface area contributed by atoms with Gasteiger partial charge in [0.1, 0.15) is 5.82 Å². The second kappa shape index (κ2) is 5.38. The molecule has 1 unspecified atom stereocenters. The van der Waals surface area contributed by atoms with Gasteiger partial charge in [-0.2, -0.15) is 0 Å². The lowest BCUT2D eigenvalue weighted by Crippen LogP contribution is -2.08. The smallest absolute Gasteiger partial charge is 0.337 e. The van der Waals surface area contributed by atoms with Crippen molar-refractivity contribution in [2.45, 2.75) is 31.8 Å². The normalized spacial score (nSPS) is 18.8. The van der Waals surface area contributed by atoms with E-state index in [0.29, 0.717) is 22.9 Å². The number of aryl methyl sites for hydroxylation is 1. The molecular formula is C13H14ClN3O3. The van der Waals surface area contributed by atoms with E-state index in [-0.39, 0.29) is 11.7 Å². The number of carboxylic acids is 1. The maximum atomic E-state index is 11.1. The van der Waals surface area contributed by atoms with E-state index in [0.717, 1.165) is 25.9 Å². The van der Waals surface area contributed by atoms with E-state index >= 15 is 0 Å². The van der Waals surface area contributed by atoms with Gasteiger partial charge in [-0.1, -0.05) is 11.6 Å². The zero-order valence-corrected chi connectivity index (χ0v) is 11.5. The Labute approximate surface area is 120 Å². The molecule has 2 aromatic rings. The van der Waals surface area contributed by atoms with Crippen LogP contribution in [-0.4, -0.2) is 38.4 Å². The van der Waals surface area contributed by atoms with Gasteiger partial charge in [-0.05, 0) is 25.3 Å². The monoisotopic (exact) mass is 295 g/mol. The Morgan fingerprint density at radius 1 is 1.55 bits per heavy atom. The number of fused-ring (bicyclic) bond motifs is 1. The van der Waals surface area contributed by atoms with Gasteiger partial charge in [-0.25, -0.2) is 4.79 Å². The number of halogens is 1. The molecule has 2 aromatic heterocycles. The van der Waals surface area contributed by atoms with Crippen molar-refractivity contribution in [3.05, 3.63) is 28.7 Å². The van der Waals surface area contributed by atoms with Crippen molar-refractivity contribution in [3.63, 3.8) is 0 Å². The second-order valence-electron chi connectivity index (χ2n) is 4.87. The van der Waals surface area contributed by atoms with Crippen molar-refractivity contribution in [1.82, 2.24) is 14.6 Å². The summed E-state index contributed by atoms with van der Waals surface area (Å²) >= 11 is 6.04. The third-order valence-electron chi connectivity index (χ3n) is 3.49. The molecule has 7 heteroatoms. The molecule has 1 saturated heterocycles. The van der Waals surface area contributed by atoms with Crippen LogP contribution in [0.4, 0.5) is 0 Å². The Morgan fingerprint density at radius 3 is 3.10 bits per heavy atom. The lowest BCUT2D eigenvalue weighted by atomic mass is 10.1. The maximum Gasteiger partial charge on any atom is 0.337 e. The summed E-state index contributed by atoms with van der Waals surface area (Å²) in [5.74, 6) is -0.312. The van der Waals surface area contributed by atoms with E-state index in [1.165, 1.54) is 12.3 Å². The van der Waals surface area contributed by atoms with Gasteiger partial charge >= 0.3 is 5.97 Å². The van der Waals surface area contributed by atoms with Crippen molar-refractivity contribution in [1.29, 1.82) is 0 Å². The fourth-order valence-electron chi connectivity index (χ4n) is 2.45. The number of aromatic nitrogens is 3. The second-order valence-corrected chi connectivity index (χ2v) is 5.27. The fraction of sp³-hybridized carbons (Fsp3) is 0.462. The number of carbonyl (C=O) groups is 1. The minimum atomic E-state index is -1.02. The van der Waals surface area contributed by atoms with E-state index in [4.69, 9.17) is 21.4 Å². The summed E-state index contributed by atoms with van der Waals surface area (Å²) < 4.78 is 7.22. The summed E-state index contributed by atoms with van der Waals surface area (Å²) in [5.41, 5.74) is 0.611. The molecule has 0 saturated carbocycles. The molecule has 1 atom stereocenters. The van der Waals surface area contributed by atoms with Gasteiger partial charge in [0, 0.05) is 19.2 Å². The largest absolute Gasteiger partial charge is 0.478 e. The minimum Gasteiger partial charge on any atom is -0.478 e. The van der Waals surface area contributed by atoms with E-state index < -0.39 is 5.97 Å². The topological polar surface area (TPSA) is 76.7 Å². The van der Waals surface area contributed by atoms with Crippen LogP contribution in [0, 0.1) is 0 Å². The number of hydrogen-bond acceptors (Lipinski definition) is 4. The van der Waals surface area contributed by atoms with Crippen LogP contribution in [-0.2, 0) is 11.2 Å². The zero-order valence-electron chi connectivity index (χ0n) is 10.8. The predicted octanol–water partition coefficient (Wildman–Crippen LogP) is 2.19. The Hall–Kier alpha value is -1.66. The highest BCUT2D eigenvalue weighted by Gasteiger charge is 2.18. The predicted molar refractivity (Wildman–Crippen MR) is 72.3 cm³/mol. The first-order chi connectivity index (χ1) is 9.65. The van der Waals surface area contributed by atoms with E-state index in [2.05, 4.69) is 10.2 Å². The summed E-state index contributed by atoms with van der Waals surface area (Å²) in [6, 6.07) is 1.39.